The first-order valence-corrected chi connectivity index (χ1v) is 16.9. The number of hydrogen-bond donors (Lipinski definition) is 0. The third kappa shape index (κ3) is 7.86. The molecule has 1 unspecified atom stereocenters. The maximum atomic E-state index is 14.9. The highest BCUT2D eigenvalue weighted by Gasteiger charge is 2.35. The van der Waals surface area contributed by atoms with E-state index in [0.29, 0.717) is 61.7 Å². The first-order chi connectivity index (χ1) is 21.8. The number of hydrogen-bond acceptors (Lipinski definition) is 4. The Kier molecular flexibility index (Phi) is 11.5. The van der Waals surface area contributed by atoms with E-state index in [2.05, 4.69) is 6.08 Å². The van der Waals surface area contributed by atoms with Crippen LogP contribution >= 0.6 is 0 Å². The molecule has 0 N–H and O–H groups in total. The molecule has 0 saturated heterocycles. The fraction of sp³-hybridized carbons (Fsp3) is 0.595. The summed E-state index contributed by atoms with van der Waals surface area (Å²) in [5.74, 6) is -3.01. The van der Waals surface area contributed by atoms with Crippen LogP contribution in [-0.4, -0.2) is 25.3 Å². The highest BCUT2D eigenvalue weighted by Crippen LogP contribution is 2.43. The van der Waals surface area contributed by atoms with Crippen molar-refractivity contribution in [3.63, 3.8) is 0 Å². The second kappa shape index (κ2) is 15.5. The minimum absolute atomic E-state index is 0.0391. The summed E-state index contributed by atoms with van der Waals surface area (Å²) in [6.45, 7) is 4.38. The number of allylic oxidation sites excluding steroid dienone is 2. The van der Waals surface area contributed by atoms with Crippen molar-refractivity contribution in [2.45, 2.75) is 109 Å². The Bertz CT molecular complexity index is 1340. The van der Waals surface area contributed by atoms with Gasteiger partial charge in [0.25, 0.3) is 0 Å². The van der Waals surface area contributed by atoms with E-state index in [-0.39, 0.29) is 42.0 Å². The van der Waals surface area contributed by atoms with Gasteiger partial charge in [-0.15, -0.1) is 0 Å². The Morgan fingerprint density at radius 3 is 2.11 bits per heavy atom. The summed E-state index contributed by atoms with van der Waals surface area (Å²) in [5.41, 5.74) is 1.54. The Morgan fingerprint density at radius 2 is 1.44 bits per heavy atom. The van der Waals surface area contributed by atoms with Crippen LogP contribution in [0.3, 0.4) is 0 Å². The lowest BCUT2D eigenvalue weighted by Gasteiger charge is -2.35. The predicted octanol–water partition coefficient (Wildman–Crippen LogP) is 10.1. The lowest BCUT2D eigenvalue weighted by Crippen LogP contribution is -2.31. The normalized spacial score (nSPS) is 25.4. The van der Waals surface area contributed by atoms with Crippen molar-refractivity contribution >= 4 is 11.5 Å². The topological polar surface area (TPSA) is 44.8 Å². The number of benzene rings is 2. The van der Waals surface area contributed by atoms with Gasteiger partial charge < -0.3 is 14.2 Å². The van der Waals surface area contributed by atoms with E-state index in [1.807, 2.05) is 6.92 Å². The van der Waals surface area contributed by atoms with Gasteiger partial charge >= 0.3 is 5.97 Å². The molecule has 2 fully saturated rings. The van der Waals surface area contributed by atoms with Gasteiger partial charge in [-0.25, -0.2) is 8.78 Å². The molecule has 5 rings (SSSR count). The summed E-state index contributed by atoms with van der Waals surface area (Å²) in [4.78, 5) is 13.0. The van der Waals surface area contributed by atoms with Gasteiger partial charge in [0.1, 0.15) is 6.10 Å². The average molecular weight is 631 g/mol. The van der Waals surface area contributed by atoms with Gasteiger partial charge in [-0.3, -0.25) is 4.79 Å². The number of esters is 1. The van der Waals surface area contributed by atoms with E-state index >= 15 is 0 Å². The van der Waals surface area contributed by atoms with E-state index in [1.165, 1.54) is 12.1 Å². The van der Waals surface area contributed by atoms with Gasteiger partial charge in [0, 0.05) is 5.56 Å². The first-order valence-electron chi connectivity index (χ1n) is 16.9. The zero-order chi connectivity index (χ0) is 31.9. The van der Waals surface area contributed by atoms with Crippen LogP contribution in [0, 0.1) is 41.0 Å². The number of ether oxygens (including phenoxy) is 3. The smallest absolute Gasteiger partial charge is 0.309 e. The Hall–Kier alpha value is -3.03. The van der Waals surface area contributed by atoms with Crippen molar-refractivity contribution in [3.05, 3.63) is 64.7 Å². The SMILES string of the molecule is CCCCOc1ccc(C2CCC(OC(=O)C3CCC(C4CC=C(c5ccc(OCC)c(F)c5F)CC4)CC3)CC2)c(F)c1F. The lowest BCUT2D eigenvalue weighted by atomic mass is 9.71. The van der Waals surface area contributed by atoms with Crippen LogP contribution in [0.2, 0.25) is 0 Å². The van der Waals surface area contributed by atoms with Gasteiger partial charge in [-0.1, -0.05) is 25.5 Å². The van der Waals surface area contributed by atoms with Crippen LogP contribution in [0.25, 0.3) is 5.57 Å². The van der Waals surface area contributed by atoms with Crippen LogP contribution in [0.4, 0.5) is 17.6 Å². The summed E-state index contributed by atoms with van der Waals surface area (Å²) in [5, 5.41) is 0. The van der Waals surface area contributed by atoms with Crippen LogP contribution in [0.1, 0.15) is 114 Å². The van der Waals surface area contributed by atoms with Crippen molar-refractivity contribution in [2.24, 2.45) is 17.8 Å². The van der Waals surface area contributed by atoms with Gasteiger partial charge in [0.2, 0.25) is 11.6 Å². The molecule has 0 aliphatic heterocycles. The van der Waals surface area contributed by atoms with E-state index in [9.17, 15) is 22.4 Å². The molecule has 0 aromatic heterocycles. The van der Waals surface area contributed by atoms with E-state index in [1.54, 1.807) is 19.1 Å². The zero-order valence-corrected chi connectivity index (χ0v) is 26.5. The standard InChI is InChI=1S/C37H46F4O4/c1-3-5-22-44-32-21-19-30(34(39)36(32)41)26-14-16-28(17-15-26)45-37(42)27-12-8-24(9-13-27)23-6-10-25(11-7-23)29-18-20-31(43-4-2)35(40)33(29)38/h10,18-21,23-24,26-28H,3-9,11-17,22H2,1-2H3. The molecule has 2 aromatic carbocycles. The quantitative estimate of drug-likeness (QED) is 0.141. The van der Waals surface area contributed by atoms with Crippen molar-refractivity contribution in [1.29, 1.82) is 0 Å². The molecule has 0 radical (unpaired) electrons. The molecule has 0 spiro atoms. The minimum atomic E-state index is -0.932. The number of carbonyl (C=O) groups excluding carboxylic acids is 1. The molecule has 2 aromatic rings. The third-order valence-corrected chi connectivity index (χ3v) is 10.1. The van der Waals surface area contributed by atoms with E-state index in [0.717, 1.165) is 56.9 Å². The number of halogens is 4. The lowest BCUT2D eigenvalue weighted by molar-refractivity contribution is -0.157. The summed E-state index contributed by atoms with van der Waals surface area (Å²) in [6, 6.07) is 6.27. The van der Waals surface area contributed by atoms with Gasteiger partial charge in [0.15, 0.2) is 23.1 Å². The van der Waals surface area contributed by atoms with Gasteiger partial charge in [-0.05, 0) is 131 Å². The van der Waals surface area contributed by atoms with Gasteiger partial charge in [0.05, 0.1) is 19.1 Å². The van der Waals surface area contributed by atoms with Crippen LogP contribution in [0.5, 0.6) is 11.5 Å². The summed E-state index contributed by atoms with van der Waals surface area (Å²) < 4.78 is 75.1. The highest BCUT2D eigenvalue weighted by atomic mass is 19.2. The molecule has 246 valence electrons. The Balaban J connectivity index is 1.06. The van der Waals surface area contributed by atoms with Crippen molar-refractivity contribution < 1.29 is 36.6 Å². The number of carbonyl (C=O) groups is 1. The molecule has 8 heteroatoms. The minimum Gasteiger partial charge on any atom is -0.491 e. The molecule has 4 nitrogen and oxygen atoms in total. The molecule has 0 amide bonds. The molecule has 3 aliphatic rings. The molecule has 3 aliphatic carbocycles. The molecular weight excluding hydrogens is 584 g/mol. The van der Waals surface area contributed by atoms with Crippen LogP contribution in [-0.2, 0) is 9.53 Å². The summed E-state index contributed by atoms with van der Waals surface area (Å²) >= 11 is 0. The van der Waals surface area contributed by atoms with Crippen LogP contribution < -0.4 is 9.47 Å². The highest BCUT2D eigenvalue weighted by molar-refractivity contribution is 5.72. The predicted molar refractivity (Wildman–Crippen MR) is 166 cm³/mol. The fourth-order valence-corrected chi connectivity index (χ4v) is 7.45. The second-order valence-corrected chi connectivity index (χ2v) is 12.9. The molecule has 0 bridgehead atoms. The molecule has 0 heterocycles. The van der Waals surface area contributed by atoms with Crippen molar-refractivity contribution in [1.82, 2.24) is 0 Å². The molecule has 2 saturated carbocycles. The zero-order valence-electron chi connectivity index (χ0n) is 26.5. The maximum absolute atomic E-state index is 14.9. The third-order valence-electron chi connectivity index (χ3n) is 10.1. The van der Waals surface area contributed by atoms with Crippen molar-refractivity contribution in [3.8, 4) is 11.5 Å². The molecule has 1 atom stereocenters. The largest absolute Gasteiger partial charge is 0.491 e. The maximum Gasteiger partial charge on any atom is 0.309 e. The Labute approximate surface area is 264 Å². The summed E-state index contributed by atoms with van der Waals surface area (Å²) in [7, 11) is 0. The second-order valence-electron chi connectivity index (χ2n) is 12.9. The van der Waals surface area contributed by atoms with Crippen molar-refractivity contribution in [2.75, 3.05) is 13.2 Å². The van der Waals surface area contributed by atoms with Gasteiger partial charge in [-0.2, -0.15) is 8.78 Å². The Morgan fingerprint density at radius 1 is 0.756 bits per heavy atom. The average Bonchev–Trinajstić information content (AvgIpc) is 3.06. The van der Waals surface area contributed by atoms with E-state index < -0.39 is 23.3 Å². The molecular formula is C37H46F4O4. The van der Waals surface area contributed by atoms with E-state index in [4.69, 9.17) is 14.2 Å². The van der Waals surface area contributed by atoms with Crippen LogP contribution in [0.15, 0.2) is 30.3 Å². The fourth-order valence-electron chi connectivity index (χ4n) is 7.45. The molecule has 45 heavy (non-hydrogen) atoms. The number of rotatable bonds is 11. The summed E-state index contributed by atoms with van der Waals surface area (Å²) in [6.07, 6.45) is 12.1. The first kappa shape index (κ1) is 33.3. The monoisotopic (exact) mass is 630 g/mol. The number of unbranched alkanes of at least 4 members (excludes halogenated alkanes) is 1.